The van der Waals surface area contributed by atoms with E-state index in [1.165, 1.54) is 12.1 Å². The summed E-state index contributed by atoms with van der Waals surface area (Å²) < 4.78 is 39.6. The summed E-state index contributed by atoms with van der Waals surface area (Å²) in [6.07, 6.45) is -2.61. The number of halogens is 4. The van der Waals surface area contributed by atoms with Gasteiger partial charge < -0.3 is 5.32 Å². The summed E-state index contributed by atoms with van der Waals surface area (Å²) in [5.74, 6) is 0. The van der Waals surface area contributed by atoms with Crippen molar-refractivity contribution in [3.8, 4) is 5.69 Å². The minimum absolute atomic E-state index is 0.0466. The molecule has 0 fully saturated rings. The molecule has 0 spiro atoms. The SMILES string of the molecule is C[C@@H](N[C@H](C)c1ccn(-c2ccc(C(F)(F)F)cc2)n1)c1cccc(Cl)c1. The van der Waals surface area contributed by atoms with Crippen LogP contribution >= 0.6 is 11.6 Å². The first-order chi connectivity index (χ1) is 12.7. The van der Waals surface area contributed by atoms with Gasteiger partial charge in [0.25, 0.3) is 0 Å². The van der Waals surface area contributed by atoms with Gasteiger partial charge in [0.15, 0.2) is 0 Å². The highest BCUT2D eigenvalue weighted by molar-refractivity contribution is 6.30. The molecule has 2 aromatic carbocycles. The maximum atomic E-state index is 12.7. The summed E-state index contributed by atoms with van der Waals surface area (Å²) in [5, 5.41) is 8.61. The number of nitrogens with zero attached hydrogens (tertiary/aromatic N) is 2. The number of hydrogen-bond acceptors (Lipinski definition) is 2. The largest absolute Gasteiger partial charge is 0.416 e. The lowest BCUT2D eigenvalue weighted by atomic mass is 10.1. The molecule has 3 aromatic rings. The molecule has 142 valence electrons. The van der Waals surface area contributed by atoms with Crippen LogP contribution in [0.25, 0.3) is 5.69 Å². The highest BCUT2D eigenvalue weighted by Gasteiger charge is 2.30. The van der Waals surface area contributed by atoms with E-state index in [0.29, 0.717) is 10.7 Å². The molecule has 0 radical (unpaired) electrons. The molecule has 0 amide bonds. The van der Waals surface area contributed by atoms with E-state index >= 15 is 0 Å². The van der Waals surface area contributed by atoms with Gasteiger partial charge in [0.1, 0.15) is 0 Å². The van der Waals surface area contributed by atoms with Crippen LogP contribution in [-0.4, -0.2) is 9.78 Å². The second kappa shape index (κ2) is 7.74. The van der Waals surface area contributed by atoms with Gasteiger partial charge in [-0.3, -0.25) is 0 Å². The van der Waals surface area contributed by atoms with E-state index in [-0.39, 0.29) is 12.1 Å². The van der Waals surface area contributed by atoms with E-state index in [4.69, 9.17) is 11.6 Å². The smallest absolute Gasteiger partial charge is 0.302 e. The lowest BCUT2D eigenvalue weighted by Gasteiger charge is -2.19. The average Bonchev–Trinajstić information content (AvgIpc) is 3.11. The molecule has 1 aromatic heterocycles. The molecule has 0 aliphatic rings. The van der Waals surface area contributed by atoms with Crippen LogP contribution in [0.2, 0.25) is 5.02 Å². The Morgan fingerprint density at radius 3 is 2.33 bits per heavy atom. The molecule has 0 unspecified atom stereocenters. The molecule has 0 aliphatic heterocycles. The Morgan fingerprint density at radius 1 is 1.00 bits per heavy atom. The fourth-order valence-electron chi connectivity index (χ4n) is 2.85. The standard InChI is InChI=1S/C20H19ClF3N3/c1-13(15-4-3-5-17(21)12-15)25-14(2)19-10-11-27(26-19)18-8-6-16(7-9-18)20(22,23)24/h3-14,25H,1-2H3/t13-,14-/m1/s1. The van der Waals surface area contributed by atoms with Gasteiger partial charge in [0, 0.05) is 23.3 Å². The lowest BCUT2D eigenvalue weighted by molar-refractivity contribution is -0.137. The van der Waals surface area contributed by atoms with Crippen LogP contribution in [0.1, 0.15) is 42.8 Å². The first kappa shape index (κ1) is 19.5. The van der Waals surface area contributed by atoms with Crippen LogP contribution in [0.3, 0.4) is 0 Å². The number of nitrogens with one attached hydrogen (secondary N) is 1. The van der Waals surface area contributed by atoms with Crippen molar-refractivity contribution < 1.29 is 13.2 Å². The summed E-state index contributed by atoms with van der Waals surface area (Å²) in [4.78, 5) is 0. The molecule has 0 saturated carbocycles. The highest BCUT2D eigenvalue weighted by Crippen LogP contribution is 2.29. The van der Waals surface area contributed by atoms with Gasteiger partial charge in [0.2, 0.25) is 0 Å². The third kappa shape index (κ3) is 4.70. The third-order valence-electron chi connectivity index (χ3n) is 4.36. The van der Waals surface area contributed by atoms with Crippen molar-refractivity contribution in [3.63, 3.8) is 0 Å². The van der Waals surface area contributed by atoms with Crippen LogP contribution in [0.5, 0.6) is 0 Å². The van der Waals surface area contributed by atoms with Crippen LogP contribution in [0, 0.1) is 0 Å². The van der Waals surface area contributed by atoms with Crippen LogP contribution in [0.15, 0.2) is 60.8 Å². The van der Waals surface area contributed by atoms with Gasteiger partial charge in [-0.25, -0.2) is 4.68 Å². The normalized spacial score (nSPS) is 14.1. The predicted octanol–water partition coefficient (Wildman–Crippen LogP) is 5.96. The summed E-state index contributed by atoms with van der Waals surface area (Å²) in [7, 11) is 0. The summed E-state index contributed by atoms with van der Waals surface area (Å²) >= 11 is 6.04. The molecule has 3 nitrogen and oxygen atoms in total. The molecule has 27 heavy (non-hydrogen) atoms. The van der Waals surface area contributed by atoms with Crippen molar-refractivity contribution in [1.82, 2.24) is 15.1 Å². The minimum atomic E-state index is -4.34. The second-order valence-electron chi connectivity index (χ2n) is 6.39. The molecule has 7 heteroatoms. The van der Waals surface area contributed by atoms with Crippen molar-refractivity contribution in [2.75, 3.05) is 0 Å². The molecule has 3 rings (SSSR count). The van der Waals surface area contributed by atoms with Gasteiger partial charge in [0.05, 0.1) is 16.9 Å². The fourth-order valence-corrected chi connectivity index (χ4v) is 3.05. The third-order valence-corrected chi connectivity index (χ3v) is 4.60. The maximum Gasteiger partial charge on any atom is 0.416 e. The van der Waals surface area contributed by atoms with Gasteiger partial charge in [-0.05, 0) is 61.9 Å². The summed E-state index contributed by atoms with van der Waals surface area (Å²) in [6, 6.07) is 14.4. The van der Waals surface area contributed by atoms with Crippen LogP contribution < -0.4 is 5.32 Å². The zero-order valence-electron chi connectivity index (χ0n) is 14.8. The number of aromatic nitrogens is 2. The molecule has 1 heterocycles. The minimum Gasteiger partial charge on any atom is -0.302 e. The number of rotatable bonds is 5. The Bertz CT molecular complexity index is 903. The van der Waals surface area contributed by atoms with Crippen molar-refractivity contribution in [3.05, 3.63) is 82.6 Å². The Balaban J connectivity index is 1.71. The second-order valence-corrected chi connectivity index (χ2v) is 6.83. The Hall–Kier alpha value is -2.31. The summed E-state index contributed by atoms with van der Waals surface area (Å²) in [5.41, 5.74) is 1.76. The summed E-state index contributed by atoms with van der Waals surface area (Å²) in [6.45, 7) is 4.02. The van der Waals surface area contributed by atoms with Crippen molar-refractivity contribution in [2.45, 2.75) is 32.1 Å². The number of alkyl halides is 3. The van der Waals surface area contributed by atoms with E-state index in [1.54, 1.807) is 10.9 Å². The van der Waals surface area contributed by atoms with E-state index in [2.05, 4.69) is 10.4 Å². The maximum absolute atomic E-state index is 12.7. The topological polar surface area (TPSA) is 29.9 Å². The zero-order valence-corrected chi connectivity index (χ0v) is 15.6. The zero-order chi connectivity index (χ0) is 19.6. The van der Waals surface area contributed by atoms with Gasteiger partial charge >= 0.3 is 6.18 Å². The Labute approximate surface area is 160 Å². The first-order valence-electron chi connectivity index (χ1n) is 8.49. The fraction of sp³-hybridized carbons (Fsp3) is 0.250. The predicted molar refractivity (Wildman–Crippen MR) is 100.0 cm³/mol. The Kier molecular flexibility index (Phi) is 5.58. The van der Waals surface area contributed by atoms with E-state index < -0.39 is 11.7 Å². The van der Waals surface area contributed by atoms with E-state index in [9.17, 15) is 13.2 Å². The lowest BCUT2D eigenvalue weighted by Crippen LogP contribution is -2.23. The van der Waals surface area contributed by atoms with Crippen molar-refractivity contribution >= 4 is 11.6 Å². The van der Waals surface area contributed by atoms with Gasteiger partial charge in [-0.2, -0.15) is 18.3 Å². The molecule has 0 saturated heterocycles. The quantitative estimate of drug-likeness (QED) is 0.580. The monoisotopic (exact) mass is 393 g/mol. The van der Waals surface area contributed by atoms with Gasteiger partial charge in [-0.15, -0.1) is 0 Å². The first-order valence-corrected chi connectivity index (χ1v) is 8.86. The highest BCUT2D eigenvalue weighted by atomic mass is 35.5. The Morgan fingerprint density at radius 2 is 1.70 bits per heavy atom. The van der Waals surface area contributed by atoms with Crippen molar-refractivity contribution in [1.29, 1.82) is 0 Å². The van der Waals surface area contributed by atoms with Crippen LogP contribution in [-0.2, 0) is 6.18 Å². The van der Waals surface area contributed by atoms with Gasteiger partial charge in [-0.1, -0.05) is 23.7 Å². The van der Waals surface area contributed by atoms with E-state index in [0.717, 1.165) is 23.4 Å². The molecule has 1 N–H and O–H groups in total. The molecule has 2 atom stereocenters. The average molecular weight is 394 g/mol. The van der Waals surface area contributed by atoms with Crippen LogP contribution in [0.4, 0.5) is 13.2 Å². The van der Waals surface area contributed by atoms with Crippen molar-refractivity contribution in [2.24, 2.45) is 0 Å². The van der Waals surface area contributed by atoms with E-state index in [1.807, 2.05) is 44.2 Å². The number of hydrogen-bond donors (Lipinski definition) is 1. The number of benzene rings is 2. The molecular weight excluding hydrogens is 375 g/mol. The molecule has 0 aliphatic carbocycles. The molecular formula is C20H19ClF3N3. The molecule has 0 bridgehead atoms.